The van der Waals surface area contributed by atoms with Crippen LogP contribution in [0.2, 0.25) is 5.02 Å². The van der Waals surface area contributed by atoms with Crippen molar-refractivity contribution in [1.29, 1.82) is 0 Å². The number of rotatable bonds is 10. The number of methoxy groups -OCH3 is 1. The largest absolute Gasteiger partial charge is 0.503 e. The summed E-state index contributed by atoms with van der Waals surface area (Å²) in [5, 5.41) is 14.2. The standard InChI is InChI=1S/C24H23BrClN3O6S/c1-3-35-19-8-6-18(7-9-19)29(36(32,33)20-10-4-17(26)5-11-20)15-23(30)28-27-14-16-12-21(25)24(31)22(13-16)34-2/h4-14,31H,3,15H2,1-2H3,(H,28,30)/b27-14-. The Morgan fingerprint density at radius 2 is 1.83 bits per heavy atom. The molecule has 0 unspecified atom stereocenters. The van der Waals surface area contributed by atoms with Gasteiger partial charge in [-0.2, -0.15) is 5.10 Å². The molecule has 0 heterocycles. The van der Waals surface area contributed by atoms with Crippen LogP contribution in [0.3, 0.4) is 0 Å². The molecule has 3 rings (SSSR count). The highest BCUT2D eigenvalue weighted by atomic mass is 79.9. The lowest BCUT2D eigenvalue weighted by Gasteiger charge is -2.24. The molecule has 0 saturated heterocycles. The molecule has 9 nitrogen and oxygen atoms in total. The van der Waals surface area contributed by atoms with E-state index in [1.54, 1.807) is 30.3 Å². The Morgan fingerprint density at radius 3 is 2.44 bits per heavy atom. The molecular formula is C24H23BrClN3O6S. The zero-order chi connectivity index (χ0) is 26.3. The topological polar surface area (TPSA) is 118 Å². The second-order valence-electron chi connectivity index (χ2n) is 7.24. The van der Waals surface area contributed by atoms with E-state index in [1.807, 2.05) is 6.92 Å². The number of amides is 1. The van der Waals surface area contributed by atoms with E-state index in [-0.39, 0.29) is 22.1 Å². The third kappa shape index (κ3) is 6.68. The lowest BCUT2D eigenvalue weighted by Crippen LogP contribution is -2.39. The van der Waals surface area contributed by atoms with E-state index in [4.69, 9.17) is 21.1 Å². The molecule has 0 atom stereocenters. The monoisotopic (exact) mass is 595 g/mol. The first-order valence-corrected chi connectivity index (χ1v) is 13.2. The van der Waals surface area contributed by atoms with Gasteiger partial charge in [0.2, 0.25) is 0 Å². The van der Waals surface area contributed by atoms with Gasteiger partial charge in [0.1, 0.15) is 12.3 Å². The van der Waals surface area contributed by atoms with Crippen molar-refractivity contribution in [3.8, 4) is 17.2 Å². The SMILES string of the molecule is CCOc1ccc(N(CC(=O)N/N=C\c2cc(Br)c(O)c(OC)c2)S(=O)(=O)c2ccc(Cl)cc2)cc1. The lowest BCUT2D eigenvalue weighted by molar-refractivity contribution is -0.119. The Kier molecular flexibility index (Phi) is 9.19. The van der Waals surface area contributed by atoms with E-state index in [2.05, 4.69) is 26.5 Å². The number of carbonyl (C=O) groups is 1. The van der Waals surface area contributed by atoms with Gasteiger partial charge in [0.05, 0.1) is 35.0 Å². The number of sulfonamides is 1. The summed E-state index contributed by atoms with van der Waals surface area (Å²) in [6.07, 6.45) is 1.33. The van der Waals surface area contributed by atoms with Crippen LogP contribution in [0.15, 0.2) is 75.1 Å². The number of hydrogen-bond acceptors (Lipinski definition) is 7. The van der Waals surface area contributed by atoms with Crippen molar-refractivity contribution in [2.75, 3.05) is 24.6 Å². The quantitative estimate of drug-likeness (QED) is 0.262. The van der Waals surface area contributed by atoms with E-state index in [0.717, 1.165) is 4.31 Å². The molecule has 0 bridgehead atoms. The maximum absolute atomic E-state index is 13.4. The van der Waals surface area contributed by atoms with Gasteiger partial charge in [-0.1, -0.05) is 11.6 Å². The number of benzene rings is 3. The van der Waals surface area contributed by atoms with E-state index in [9.17, 15) is 18.3 Å². The van der Waals surface area contributed by atoms with Gasteiger partial charge in [0.15, 0.2) is 11.5 Å². The molecule has 0 aliphatic rings. The molecule has 2 N–H and O–H groups in total. The van der Waals surface area contributed by atoms with Gasteiger partial charge in [-0.3, -0.25) is 9.10 Å². The highest BCUT2D eigenvalue weighted by Gasteiger charge is 2.27. The second-order valence-corrected chi connectivity index (χ2v) is 10.4. The Hall–Kier alpha value is -3.28. The summed E-state index contributed by atoms with van der Waals surface area (Å²) < 4.78 is 38.7. The molecule has 36 heavy (non-hydrogen) atoms. The van der Waals surface area contributed by atoms with Gasteiger partial charge in [0.25, 0.3) is 15.9 Å². The molecule has 0 aromatic heterocycles. The minimum absolute atomic E-state index is 0.0295. The molecule has 12 heteroatoms. The zero-order valence-corrected chi connectivity index (χ0v) is 22.5. The van der Waals surface area contributed by atoms with Crippen LogP contribution in [0.5, 0.6) is 17.2 Å². The van der Waals surface area contributed by atoms with Crippen LogP contribution in [0.4, 0.5) is 5.69 Å². The molecule has 1 amide bonds. The maximum atomic E-state index is 13.4. The Bertz CT molecular complexity index is 1350. The molecule has 3 aromatic rings. The second kappa shape index (κ2) is 12.1. The number of anilines is 1. The number of hydrazone groups is 1. The summed E-state index contributed by atoms with van der Waals surface area (Å²) in [4.78, 5) is 12.7. The summed E-state index contributed by atoms with van der Waals surface area (Å²) in [5.74, 6) is 0.0297. The van der Waals surface area contributed by atoms with Gasteiger partial charge >= 0.3 is 0 Å². The Labute approximate surface area is 222 Å². The van der Waals surface area contributed by atoms with Crippen molar-refractivity contribution < 1.29 is 27.8 Å². The predicted molar refractivity (Wildman–Crippen MR) is 142 cm³/mol. The number of halogens is 2. The van der Waals surface area contributed by atoms with E-state index < -0.39 is 22.5 Å². The van der Waals surface area contributed by atoms with Crippen molar-refractivity contribution in [1.82, 2.24) is 5.43 Å². The van der Waals surface area contributed by atoms with Gasteiger partial charge in [-0.15, -0.1) is 0 Å². The average Bonchev–Trinajstić information content (AvgIpc) is 2.85. The molecule has 0 aliphatic carbocycles. The fourth-order valence-electron chi connectivity index (χ4n) is 3.09. The molecule has 3 aromatic carbocycles. The van der Waals surface area contributed by atoms with Crippen LogP contribution in [-0.2, 0) is 14.8 Å². The summed E-state index contributed by atoms with van der Waals surface area (Å²) in [6.45, 7) is 1.75. The third-order valence-corrected chi connectivity index (χ3v) is 7.44. The Balaban J connectivity index is 1.84. The van der Waals surface area contributed by atoms with Crippen molar-refractivity contribution in [3.05, 3.63) is 75.7 Å². The summed E-state index contributed by atoms with van der Waals surface area (Å²) in [5.41, 5.74) is 3.11. The van der Waals surface area contributed by atoms with E-state index in [1.165, 1.54) is 43.7 Å². The van der Waals surface area contributed by atoms with Crippen molar-refractivity contribution in [2.24, 2.45) is 5.10 Å². The van der Waals surface area contributed by atoms with Crippen molar-refractivity contribution >= 4 is 55.4 Å². The third-order valence-electron chi connectivity index (χ3n) is 4.80. The predicted octanol–water partition coefficient (Wildman–Crippen LogP) is 4.56. The summed E-state index contributed by atoms with van der Waals surface area (Å²) in [7, 11) is -2.71. The number of phenols is 1. The van der Waals surface area contributed by atoms with Crippen LogP contribution in [0, 0.1) is 0 Å². The summed E-state index contributed by atoms with van der Waals surface area (Å²) in [6, 6.07) is 15.1. The highest BCUT2D eigenvalue weighted by Crippen LogP contribution is 2.34. The van der Waals surface area contributed by atoms with E-state index >= 15 is 0 Å². The molecular weight excluding hydrogens is 574 g/mol. The highest BCUT2D eigenvalue weighted by molar-refractivity contribution is 9.10. The Morgan fingerprint density at radius 1 is 1.17 bits per heavy atom. The van der Waals surface area contributed by atoms with Crippen molar-refractivity contribution in [3.63, 3.8) is 0 Å². The molecule has 0 fully saturated rings. The number of phenolic OH excluding ortho intramolecular Hbond substituents is 1. The maximum Gasteiger partial charge on any atom is 0.264 e. The number of aromatic hydroxyl groups is 1. The first kappa shape index (κ1) is 27.3. The zero-order valence-electron chi connectivity index (χ0n) is 19.3. The molecule has 0 aliphatic heterocycles. The minimum atomic E-state index is -4.12. The fourth-order valence-corrected chi connectivity index (χ4v) is 5.10. The number of nitrogens with zero attached hydrogens (tertiary/aromatic N) is 2. The van der Waals surface area contributed by atoms with Gasteiger partial charge in [0, 0.05) is 5.02 Å². The van der Waals surface area contributed by atoms with Crippen LogP contribution >= 0.6 is 27.5 Å². The summed E-state index contributed by atoms with van der Waals surface area (Å²) >= 11 is 9.12. The molecule has 0 spiro atoms. The number of carbonyl (C=O) groups excluding carboxylic acids is 1. The van der Waals surface area contributed by atoms with Crippen molar-refractivity contribution in [2.45, 2.75) is 11.8 Å². The molecule has 0 radical (unpaired) electrons. The van der Waals surface area contributed by atoms with Crippen LogP contribution < -0.4 is 19.2 Å². The number of nitrogens with one attached hydrogen (secondary N) is 1. The number of hydrogen-bond donors (Lipinski definition) is 2. The van der Waals surface area contributed by atoms with E-state index in [0.29, 0.717) is 27.4 Å². The van der Waals surface area contributed by atoms with Crippen LogP contribution in [0.1, 0.15) is 12.5 Å². The van der Waals surface area contributed by atoms with Gasteiger partial charge < -0.3 is 14.6 Å². The van der Waals surface area contributed by atoms with Gasteiger partial charge in [-0.05, 0) is 89.1 Å². The molecule has 0 saturated carbocycles. The first-order valence-electron chi connectivity index (χ1n) is 10.5. The first-order chi connectivity index (χ1) is 17.1. The van der Waals surface area contributed by atoms with Crippen LogP contribution in [-0.4, -0.2) is 45.9 Å². The van der Waals surface area contributed by atoms with Crippen LogP contribution in [0.25, 0.3) is 0 Å². The number of ether oxygens (including phenoxy) is 2. The lowest BCUT2D eigenvalue weighted by atomic mass is 10.2. The van der Waals surface area contributed by atoms with Gasteiger partial charge in [-0.25, -0.2) is 13.8 Å². The minimum Gasteiger partial charge on any atom is -0.503 e. The molecule has 190 valence electrons. The smallest absolute Gasteiger partial charge is 0.264 e. The average molecular weight is 597 g/mol. The fraction of sp³-hybridized carbons (Fsp3) is 0.167. The normalized spacial score (nSPS) is 11.3.